The molecule has 3 aliphatic carbocycles. The molecule has 1 aliphatic heterocycles. The molecule has 0 bridgehead atoms. The highest BCUT2D eigenvalue weighted by atomic mass is 15.5. The molecule has 1 aromatic carbocycles. The lowest BCUT2D eigenvalue weighted by molar-refractivity contribution is 0.0545. The van der Waals surface area contributed by atoms with Gasteiger partial charge in [0.1, 0.15) is 0 Å². The Morgan fingerprint density at radius 1 is 0.724 bits per heavy atom. The van der Waals surface area contributed by atoms with Crippen LogP contribution in [0.15, 0.2) is 24.3 Å². The van der Waals surface area contributed by atoms with E-state index in [0.717, 1.165) is 23.9 Å². The van der Waals surface area contributed by atoms with E-state index < -0.39 is 0 Å². The molecule has 1 heterocycles. The fourth-order valence-electron chi connectivity index (χ4n) is 7.69. The first kappa shape index (κ1) is 19.9. The molecule has 1 aromatic rings. The van der Waals surface area contributed by atoms with Crippen LogP contribution in [0.2, 0.25) is 0 Å². The molecule has 0 amide bonds. The number of para-hydroxylation sites is 1. The maximum Gasteiger partial charge on any atom is 0.0858 e. The predicted molar refractivity (Wildman–Crippen MR) is 123 cm³/mol. The van der Waals surface area contributed by atoms with Crippen LogP contribution in [0.5, 0.6) is 0 Å². The van der Waals surface area contributed by atoms with Crippen LogP contribution in [-0.2, 0) is 0 Å². The summed E-state index contributed by atoms with van der Waals surface area (Å²) in [6.45, 7) is 4.92. The minimum Gasteiger partial charge on any atom is -0.351 e. The van der Waals surface area contributed by atoms with Gasteiger partial charge in [-0.1, -0.05) is 63.1 Å². The molecule has 160 valence electrons. The minimum atomic E-state index is 0.642. The predicted octanol–water partition coefficient (Wildman–Crippen LogP) is 6.91. The van der Waals surface area contributed by atoms with Crippen molar-refractivity contribution in [1.29, 1.82) is 0 Å². The summed E-state index contributed by atoms with van der Waals surface area (Å²) in [4.78, 5) is 6.08. The molecule has 4 fully saturated rings. The highest BCUT2D eigenvalue weighted by molar-refractivity contribution is 5.56. The number of benzene rings is 1. The van der Waals surface area contributed by atoms with Gasteiger partial charge >= 0.3 is 0 Å². The Morgan fingerprint density at radius 3 is 2.00 bits per heavy atom. The second-order valence-electron chi connectivity index (χ2n) is 10.7. The Balaban J connectivity index is 1.57. The van der Waals surface area contributed by atoms with Gasteiger partial charge in [-0.05, 0) is 75.8 Å². The Kier molecular flexibility index (Phi) is 5.92. The van der Waals surface area contributed by atoms with Crippen molar-refractivity contribution >= 4 is 5.69 Å². The molecule has 4 aliphatic rings. The number of hydrogen-bond acceptors (Lipinski definition) is 2. The quantitative estimate of drug-likeness (QED) is 0.547. The molecule has 5 rings (SSSR count). The zero-order chi connectivity index (χ0) is 19.8. The van der Waals surface area contributed by atoms with Gasteiger partial charge in [0, 0.05) is 23.8 Å². The van der Waals surface area contributed by atoms with E-state index in [-0.39, 0.29) is 0 Å². The topological polar surface area (TPSA) is 6.48 Å². The molecular formula is C27H42N2. The van der Waals surface area contributed by atoms with Crippen molar-refractivity contribution in [3.8, 4) is 0 Å². The minimum absolute atomic E-state index is 0.642. The van der Waals surface area contributed by atoms with Crippen LogP contribution < -0.4 is 4.90 Å². The highest BCUT2D eigenvalue weighted by Gasteiger charge is 2.53. The van der Waals surface area contributed by atoms with Crippen LogP contribution in [-0.4, -0.2) is 29.2 Å². The molecule has 1 saturated heterocycles. The van der Waals surface area contributed by atoms with Crippen LogP contribution in [0, 0.1) is 18.8 Å². The van der Waals surface area contributed by atoms with E-state index in [2.05, 4.69) is 47.9 Å². The van der Waals surface area contributed by atoms with Crippen molar-refractivity contribution in [3.63, 3.8) is 0 Å². The Bertz CT molecular complexity index is 667. The number of hydrogen-bond donors (Lipinski definition) is 0. The molecule has 0 N–H and O–H groups in total. The molecule has 0 aromatic heterocycles. The van der Waals surface area contributed by atoms with E-state index in [0.29, 0.717) is 12.2 Å². The lowest BCUT2D eigenvalue weighted by Gasteiger charge is -2.42. The Labute approximate surface area is 179 Å². The standard InChI is InChI=1S/C27H42N2/c1-20-12-6-11-19-25(20)28-21(2)26(22-13-4-3-5-14-22)29(24-17-9-10-18-24)27(28)23-15-7-8-16-23/h6,11-12,19,21-24,26-27H,3-5,7-10,13-18H2,1-2H3/t21-,26?,27?/m0/s1. The Morgan fingerprint density at radius 2 is 1.31 bits per heavy atom. The molecule has 3 saturated carbocycles. The monoisotopic (exact) mass is 394 g/mol. The normalized spacial score (nSPS) is 33.2. The number of anilines is 1. The molecule has 3 atom stereocenters. The maximum atomic E-state index is 3.15. The van der Waals surface area contributed by atoms with Gasteiger partial charge < -0.3 is 4.90 Å². The van der Waals surface area contributed by atoms with Crippen molar-refractivity contribution in [2.24, 2.45) is 11.8 Å². The van der Waals surface area contributed by atoms with Crippen molar-refractivity contribution in [2.45, 2.75) is 122 Å². The third-order valence-corrected chi connectivity index (χ3v) is 8.96. The summed E-state index contributed by atoms with van der Waals surface area (Å²) in [6, 6.07) is 11.5. The van der Waals surface area contributed by atoms with E-state index in [9.17, 15) is 0 Å². The number of rotatable bonds is 4. The van der Waals surface area contributed by atoms with E-state index in [4.69, 9.17) is 0 Å². The van der Waals surface area contributed by atoms with Gasteiger partial charge in [0.25, 0.3) is 0 Å². The smallest absolute Gasteiger partial charge is 0.0858 e. The summed E-state index contributed by atoms with van der Waals surface area (Å²) in [5.74, 6) is 1.78. The zero-order valence-corrected chi connectivity index (χ0v) is 18.9. The summed E-state index contributed by atoms with van der Waals surface area (Å²) in [7, 11) is 0. The molecule has 0 spiro atoms. The fraction of sp³-hybridized carbons (Fsp3) is 0.778. The summed E-state index contributed by atoms with van der Waals surface area (Å²) in [5.41, 5.74) is 3.00. The average Bonchev–Trinajstić information content (AvgIpc) is 3.49. The first-order chi connectivity index (χ1) is 14.3. The van der Waals surface area contributed by atoms with Gasteiger partial charge in [-0.25, -0.2) is 0 Å². The van der Waals surface area contributed by atoms with Crippen LogP contribution in [0.1, 0.15) is 96.0 Å². The van der Waals surface area contributed by atoms with E-state index in [1.165, 1.54) is 94.7 Å². The van der Waals surface area contributed by atoms with E-state index in [1.807, 2.05) is 0 Å². The molecule has 2 nitrogen and oxygen atoms in total. The molecule has 2 heteroatoms. The SMILES string of the molecule is Cc1ccccc1N1C(C2CCCC2)N(C2CCCC2)C(C2CCCCC2)[C@@H]1C. The van der Waals surface area contributed by atoms with Gasteiger partial charge in [-0.2, -0.15) is 0 Å². The summed E-state index contributed by atoms with van der Waals surface area (Å²) < 4.78 is 0. The fourth-order valence-corrected chi connectivity index (χ4v) is 7.69. The van der Waals surface area contributed by atoms with E-state index in [1.54, 1.807) is 0 Å². The Hall–Kier alpha value is -1.02. The van der Waals surface area contributed by atoms with Crippen LogP contribution >= 0.6 is 0 Å². The second kappa shape index (κ2) is 8.61. The van der Waals surface area contributed by atoms with E-state index >= 15 is 0 Å². The van der Waals surface area contributed by atoms with Gasteiger partial charge in [-0.15, -0.1) is 0 Å². The van der Waals surface area contributed by atoms with Crippen LogP contribution in [0.4, 0.5) is 5.69 Å². The van der Waals surface area contributed by atoms with Gasteiger partial charge in [0.2, 0.25) is 0 Å². The summed E-state index contributed by atoms with van der Waals surface area (Å²) >= 11 is 0. The van der Waals surface area contributed by atoms with Crippen LogP contribution in [0.25, 0.3) is 0 Å². The third-order valence-electron chi connectivity index (χ3n) is 8.96. The average molecular weight is 395 g/mol. The van der Waals surface area contributed by atoms with Gasteiger partial charge in [0.15, 0.2) is 0 Å². The lowest BCUT2D eigenvalue weighted by atomic mass is 9.80. The number of aryl methyl sites for hydroxylation is 1. The van der Waals surface area contributed by atoms with Gasteiger partial charge in [0.05, 0.1) is 6.17 Å². The largest absolute Gasteiger partial charge is 0.351 e. The van der Waals surface area contributed by atoms with Crippen molar-refractivity contribution in [3.05, 3.63) is 29.8 Å². The molecule has 0 radical (unpaired) electrons. The maximum absolute atomic E-state index is 3.15. The van der Waals surface area contributed by atoms with Crippen molar-refractivity contribution in [1.82, 2.24) is 4.90 Å². The second-order valence-corrected chi connectivity index (χ2v) is 10.7. The van der Waals surface area contributed by atoms with Crippen LogP contribution in [0.3, 0.4) is 0 Å². The zero-order valence-electron chi connectivity index (χ0n) is 18.9. The molecular weight excluding hydrogens is 352 g/mol. The highest BCUT2D eigenvalue weighted by Crippen LogP contribution is 2.48. The molecule has 2 unspecified atom stereocenters. The molecule has 29 heavy (non-hydrogen) atoms. The van der Waals surface area contributed by atoms with Crippen molar-refractivity contribution < 1.29 is 0 Å². The van der Waals surface area contributed by atoms with Gasteiger partial charge in [-0.3, -0.25) is 4.90 Å². The summed E-state index contributed by atoms with van der Waals surface area (Å²) in [5, 5.41) is 0. The lowest BCUT2D eigenvalue weighted by Crippen LogP contribution is -2.51. The first-order valence-electron chi connectivity index (χ1n) is 12.9. The first-order valence-corrected chi connectivity index (χ1v) is 12.9. The van der Waals surface area contributed by atoms with Crippen molar-refractivity contribution in [2.75, 3.05) is 4.90 Å². The summed E-state index contributed by atoms with van der Waals surface area (Å²) in [6.07, 6.45) is 19.6. The third kappa shape index (κ3) is 3.64. The number of nitrogens with zero attached hydrogens (tertiary/aromatic N) is 2.